The van der Waals surface area contributed by atoms with Crippen LogP contribution in [0.25, 0.3) is 0 Å². The zero-order chi connectivity index (χ0) is 9.68. The highest BCUT2D eigenvalue weighted by Crippen LogP contribution is 1.95. The SMILES string of the molecule is C=C(Cl)NC(=NC)c1ncccn1. The summed E-state index contributed by atoms with van der Waals surface area (Å²) in [5, 5.41) is 3.03. The van der Waals surface area contributed by atoms with E-state index in [1.54, 1.807) is 25.5 Å². The zero-order valence-corrected chi connectivity index (χ0v) is 7.91. The van der Waals surface area contributed by atoms with E-state index < -0.39 is 0 Å². The van der Waals surface area contributed by atoms with Crippen LogP contribution in [0.15, 0.2) is 35.2 Å². The lowest BCUT2D eigenvalue weighted by Crippen LogP contribution is -2.23. The van der Waals surface area contributed by atoms with Gasteiger partial charge < -0.3 is 5.32 Å². The third-order valence-electron chi connectivity index (χ3n) is 1.26. The molecule has 4 nitrogen and oxygen atoms in total. The molecule has 0 saturated carbocycles. The average Bonchev–Trinajstić information content (AvgIpc) is 2.15. The molecule has 0 unspecified atom stereocenters. The second kappa shape index (κ2) is 4.57. The molecule has 0 aliphatic rings. The molecule has 5 heteroatoms. The average molecular weight is 197 g/mol. The van der Waals surface area contributed by atoms with Gasteiger partial charge in [0.25, 0.3) is 0 Å². The van der Waals surface area contributed by atoms with Crippen LogP contribution in [0.4, 0.5) is 0 Å². The number of nitrogens with one attached hydrogen (secondary N) is 1. The number of aliphatic imine (C=N–C) groups is 1. The minimum absolute atomic E-state index is 0.285. The highest BCUT2D eigenvalue weighted by Gasteiger charge is 2.04. The first kappa shape index (κ1) is 9.67. The molecule has 0 spiro atoms. The topological polar surface area (TPSA) is 50.2 Å². The van der Waals surface area contributed by atoms with Crippen molar-refractivity contribution in [1.29, 1.82) is 0 Å². The Kier molecular flexibility index (Phi) is 3.40. The largest absolute Gasteiger partial charge is 0.328 e. The quantitative estimate of drug-likeness (QED) is 0.439. The zero-order valence-electron chi connectivity index (χ0n) is 7.16. The molecule has 1 rings (SSSR count). The molecule has 0 amide bonds. The molecule has 0 bridgehead atoms. The van der Waals surface area contributed by atoms with Gasteiger partial charge in [0.15, 0.2) is 11.7 Å². The fourth-order valence-electron chi connectivity index (χ4n) is 0.762. The monoisotopic (exact) mass is 196 g/mol. The van der Waals surface area contributed by atoms with E-state index in [1.807, 2.05) is 0 Å². The molecule has 0 fully saturated rings. The van der Waals surface area contributed by atoms with E-state index in [0.29, 0.717) is 11.7 Å². The standard InChI is InChI=1S/C8H9ClN4/c1-6(9)13-7(10-2)8-11-4-3-5-12-8/h3-5H,1H2,2H3,(H,10,13). The smallest absolute Gasteiger partial charge is 0.195 e. The Morgan fingerprint density at radius 2 is 2.15 bits per heavy atom. The summed E-state index contributed by atoms with van der Waals surface area (Å²) in [6.45, 7) is 3.49. The van der Waals surface area contributed by atoms with Crippen molar-refractivity contribution < 1.29 is 0 Å². The fourth-order valence-corrected chi connectivity index (χ4v) is 0.851. The van der Waals surface area contributed by atoms with Gasteiger partial charge in [-0.1, -0.05) is 18.2 Å². The van der Waals surface area contributed by atoms with Crippen LogP contribution in [-0.4, -0.2) is 22.9 Å². The minimum Gasteiger partial charge on any atom is -0.328 e. The van der Waals surface area contributed by atoms with Gasteiger partial charge in [-0.2, -0.15) is 0 Å². The van der Waals surface area contributed by atoms with Crippen molar-refractivity contribution in [3.8, 4) is 0 Å². The summed E-state index contributed by atoms with van der Waals surface area (Å²) in [6, 6.07) is 1.73. The Morgan fingerprint density at radius 1 is 1.54 bits per heavy atom. The van der Waals surface area contributed by atoms with E-state index in [9.17, 15) is 0 Å². The maximum absolute atomic E-state index is 5.56. The number of rotatable bonds is 2. The maximum atomic E-state index is 5.56. The van der Waals surface area contributed by atoms with Gasteiger partial charge in [0.05, 0.1) is 0 Å². The molecule has 1 N–H and O–H groups in total. The summed E-state index contributed by atoms with van der Waals surface area (Å²) in [6.07, 6.45) is 3.26. The lowest BCUT2D eigenvalue weighted by atomic mass is 10.5. The molecule has 13 heavy (non-hydrogen) atoms. The second-order valence-electron chi connectivity index (χ2n) is 2.17. The highest BCUT2D eigenvalue weighted by atomic mass is 35.5. The minimum atomic E-state index is 0.285. The van der Waals surface area contributed by atoms with Crippen LogP contribution in [0.5, 0.6) is 0 Å². The summed E-state index contributed by atoms with van der Waals surface area (Å²) in [4.78, 5) is 11.9. The molecular formula is C8H9ClN4. The molecule has 0 aromatic carbocycles. The van der Waals surface area contributed by atoms with Crippen LogP contribution in [-0.2, 0) is 0 Å². The van der Waals surface area contributed by atoms with Gasteiger partial charge in [-0.3, -0.25) is 4.99 Å². The van der Waals surface area contributed by atoms with Gasteiger partial charge in [0.2, 0.25) is 0 Å². The second-order valence-corrected chi connectivity index (χ2v) is 2.63. The number of hydrogen-bond acceptors (Lipinski definition) is 3. The first-order valence-electron chi connectivity index (χ1n) is 3.59. The number of hydrogen-bond donors (Lipinski definition) is 1. The highest BCUT2D eigenvalue weighted by molar-refractivity contribution is 6.30. The molecule has 0 aliphatic heterocycles. The molecule has 1 heterocycles. The van der Waals surface area contributed by atoms with Crippen LogP contribution in [0.1, 0.15) is 5.82 Å². The first-order chi connectivity index (χ1) is 6.24. The Bertz CT molecular complexity index is 320. The Hall–Kier alpha value is -1.42. The van der Waals surface area contributed by atoms with E-state index in [4.69, 9.17) is 11.6 Å². The van der Waals surface area contributed by atoms with Crippen molar-refractivity contribution in [2.75, 3.05) is 7.05 Å². The van der Waals surface area contributed by atoms with E-state index in [0.717, 1.165) is 0 Å². The Balaban J connectivity index is 2.86. The summed E-state index contributed by atoms with van der Waals surface area (Å²) in [7, 11) is 1.62. The normalized spacial score (nSPS) is 11.1. The molecule has 0 saturated heterocycles. The van der Waals surface area contributed by atoms with Crippen LogP contribution in [0.3, 0.4) is 0 Å². The van der Waals surface area contributed by atoms with Gasteiger partial charge in [0.1, 0.15) is 5.16 Å². The van der Waals surface area contributed by atoms with Crippen LogP contribution in [0.2, 0.25) is 0 Å². The Labute approximate surface area is 81.4 Å². The van der Waals surface area contributed by atoms with Crippen LogP contribution in [0, 0.1) is 0 Å². The summed E-state index contributed by atoms with van der Waals surface area (Å²) in [5.74, 6) is 0.993. The molecule has 0 aliphatic carbocycles. The summed E-state index contributed by atoms with van der Waals surface area (Å²) >= 11 is 5.56. The van der Waals surface area contributed by atoms with E-state index >= 15 is 0 Å². The molecular weight excluding hydrogens is 188 g/mol. The van der Waals surface area contributed by atoms with Gasteiger partial charge in [0, 0.05) is 19.4 Å². The van der Waals surface area contributed by atoms with Crippen molar-refractivity contribution in [2.24, 2.45) is 4.99 Å². The van der Waals surface area contributed by atoms with Crippen LogP contribution < -0.4 is 5.32 Å². The third kappa shape index (κ3) is 2.83. The molecule has 0 atom stereocenters. The van der Waals surface area contributed by atoms with Crippen molar-refractivity contribution in [1.82, 2.24) is 15.3 Å². The van der Waals surface area contributed by atoms with Gasteiger partial charge in [-0.15, -0.1) is 0 Å². The first-order valence-corrected chi connectivity index (χ1v) is 3.97. The maximum Gasteiger partial charge on any atom is 0.195 e. The summed E-state index contributed by atoms with van der Waals surface area (Å²) < 4.78 is 0. The lowest BCUT2D eigenvalue weighted by molar-refractivity contribution is 1.08. The lowest BCUT2D eigenvalue weighted by Gasteiger charge is -2.04. The third-order valence-corrected chi connectivity index (χ3v) is 1.35. The van der Waals surface area contributed by atoms with Crippen molar-refractivity contribution in [3.63, 3.8) is 0 Å². The van der Waals surface area contributed by atoms with E-state index in [1.165, 1.54) is 0 Å². The summed E-state index contributed by atoms with van der Waals surface area (Å²) in [5.41, 5.74) is 0. The predicted octanol–water partition coefficient (Wildman–Crippen LogP) is 1.15. The Morgan fingerprint density at radius 3 is 2.62 bits per heavy atom. The van der Waals surface area contributed by atoms with E-state index in [2.05, 4.69) is 26.9 Å². The number of halogens is 1. The number of amidine groups is 1. The van der Waals surface area contributed by atoms with Gasteiger partial charge in [-0.25, -0.2) is 9.97 Å². The van der Waals surface area contributed by atoms with Gasteiger partial charge >= 0.3 is 0 Å². The molecule has 0 radical (unpaired) electrons. The predicted molar refractivity (Wildman–Crippen MR) is 52.6 cm³/mol. The molecule has 1 aromatic heterocycles. The number of nitrogens with zero attached hydrogens (tertiary/aromatic N) is 3. The van der Waals surface area contributed by atoms with Crippen molar-refractivity contribution >= 4 is 17.4 Å². The fraction of sp³-hybridized carbons (Fsp3) is 0.125. The molecule has 1 aromatic rings. The van der Waals surface area contributed by atoms with Crippen molar-refractivity contribution in [3.05, 3.63) is 36.0 Å². The van der Waals surface area contributed by atoms with Gasteiger partial charge in [-0.05, 0) is 6.07 Å². The van der Waals surface area contributed by atoms with Crippen LogP contribution >= 0.6 is 11.6 Å². The molecule has 68 valence electrons. The van der Waals surface area contributed by atoms with Crippen molar-refractivity contribution in [2.45, 2.75) is 0 Å². The van der Waals surface area contributed by atoms with E-state index in [-0.39, 0.29) is 5.16 Å². The number of aromatic nitrogens is 2.